The molecule has 0 N–H and O–H groups in total. The van der Waals surface area contributed by atoms with Crippen LogP contribution < -0.4 is 12.4 Å². The minimum Gasteiger partial charge on any atom is -1.00 e. The van der Waals surface area contributed by atoms with Crippen molar-refractivity contribution in [3.05, 3.63) is 18.4 Å². The third-order valence-electron chi connectivity index (χ3n) is 1.57. The van der Waals surface area contributed by atoms with E-state index in [9.17, 15) is 0 Å². The summed E-state index contributed by atoms with van der Waals surface area (Å²) >= 11 is 0. The minimum absolute atomic E-state index is 0. The SMILES string of the molecule is C#CC[N+](C)(C)Cc1ncco1.[Cl-]. The zero-order chi connectivity index (χ0) is 9.03. The van der Waals surface area contributed by atoms with Crippen LogP contribution in [0.25, 0.3) is 0 Å². The van der Waals surface area contributed by atoms with Crippen LogP contribution in [0.1, 0.15) is 5.89 Å². The smallest absolute Gasteiger partial charge is 0.250 e. The topological polar surface area (TPSA) is 26.0 Å². The number of nitrogens with zero attached hydrogens (tertiary/aromatic N) is 2. The van der Waals surface area contributed by atoms with Crippen LogP contribution in [0.15, 0.2) is 16.9 Å². The molecule has 0 saturated heterocycles. The summed E-state index contributed by atoms with van der Waals surface area (Å²) in [5.74, 6) is 3.35. The molecule has 0 radical (unpaired) electrons. The van der Waals surface area contributed by atoms with Crippen molar-refractivity contribution in [2.45, 2.75) is 6.54 Å². The summed E-state index contributed by atoms with van der Waals surface area (Å²) in [7, 11) is 4.09. The maximum absolute atomic E-state index is 5.23. The highest BCUT2D eigenvalue weighted by atomic mass is 35.5. The van der Waals surface area contributed by atoms with Crippen molar-refractivity contribution >= 4 is 0 Å². The average Bonchev–Trinajstić information content (AvgIpc) is 2.38. The van der Waals surface area contributed by atoms with Gasteiger partial charge in [0, 0.05) is 0 Å². The van der Waals surface area contributed by atoms with Gasteiger partial charge in [0.05, 0.1) is 20.3 Å². The van der Waals surface area contributed by atoms with Crippen LogP contribution in [0, 0.1) is 12.3 Å². The lowest BCUT2D eigenvalue weighted by molar-refractivity contribution is -0.897. The number of oxazole rings is 1. The molecule has 0 unspecified atom stereocenters. The molecule has 1 aromatic rings. The van der Waals surface area contributed by atoms with Crippen molar-refractivity contribution in [3.63, 3.8) is 0 Å². The van der Waals surface area contributed by atoms with E-state index in [2.05, 4.69) is 10.9 Å². The van der Waals surface area contributed by atoms with Crippen LogP contribution in [0.3, 0.4) is 0 Å². The van der Waals surface area contributed by atoms with Crippen LogP contribution in [-0.4, -0.2) is 30.1 Å². The molecule has 72 valence electrons. The molecule has 13 heavy (non-hydrogen) atoms. The van der Waals surface area contributed by atoms with E-state index in [0.717, 1.165) is 12.4 Å². The first kappa shape index (κ1) is 12.0. The number of aromatic nitrogens is 1. The Labute approximate surface area is 84.8 Å². The highest BCUT2D eigenvalue weighted by Crippen LogP contribution is 2.05. The Hall–Kier alpha value is -0.980. The predicted octanol–water partition coefficient (Wildman–Crippen LogP) is -2.11. The van der Waals surface area contributed by atoms with Crippen molar-refractivity contribution in [1.82, 2.24) is 4.98 Å². The molecule has 0 amide bonds. The van der Waals surface area contributed by atoms with Gasteiger partial charge in [-0.2, -0.15) is 0 Å². The molecule has 0 aliphatic rings. The third kappa shape index (κ3) is 3.97. The Kier molecular flexibility index (Phi) is 4.53. The van der Waals surface area contributed by atoms with Gasteiger partial charge < -0.3 is 21.3 Å². The quantitative estimate of drug-likeness (QED) is 0.412. The summed E-state index contributed by atoms with van der Waals surface area (Å²) in [6, 6.07) is 0. The van der Waals surface area contributed by atoms with Crippen LogP contribution in [-0.2, 0) is 6.54 Å². The van der Waals surface area contributed by atoms with Crippen molar-refractivity contribution in [2.24, 2.45) is 0 Å². The zero-order valence-corrected chi connectivity index (χ0v) is 8.58. The molecule has 0 aliphatic heterocycles. The number of hydrogen-bond donors (Lipinski definition) is 0. The van der Waals surface area contributed by atoms with Gasteiger partial charge in [0.2, 0.25) is 5.89 Å². The molecule has 0 spiro atoms. The van der Waals surface area contributed by atoms with Crippen molar-refractivity contribution in [3.8, 4) is 12.3 Å². The first-order valence-electron chi connectivity index (χ1n) is 3.78. The van der Waals surface area contributed by atoms with Gasteiger partial charge >= 0.3 is 0 Å². The molecule has 4 heteroatoms. The number of quaternary nitrogens is 1. The Morgan fingerprint density at radius 3 is 2.77 bits per heavy atom. The molecule has 0 atom stereocenters. The second-order valence-electron chi connectivity index (χ2n) is 3.38. The van der Waals surface area contributed by atoms with E-state index in [1.807, 2.05) is 14.1 Å². The molecule has 0 fully saturated rings. The number of hydrogen-bond acceptors (Lipinski definition) is 2. The fourth-order valence-electron chi connectivity index (χ4n) is 1.00. The molecule has 1 heterocycles. The van der Waals surface area contributed by atoms with Crippen molar-refractivity contribution < 1.29 is 21.3 Å². The van der Waals surface area contributed by atoms with E-state index in [4.69, 9.17) is 10.8 Å². The fraction of sp³-hybridized carbons (Fsp3) is 0.444. The minimum atomic E-state index is 0. The zero-order valence-electron chi connectivity index (χ0n) is 7.83. The maximum atomic E-state index is 5.23. The number of rotatable bonds is 3. The lowest BCUT2D eigenvalue weighted by atomic mass is 10.4. The molecule has 0 bridgehead atoms. The number of halogens is 1. The van der Waals surface area contributed by atoms with E-state index in [1.54, 1.807) is 12.5 Å². The van der Waals surface area contributed by atoms with E-state index < -0.39 is 0 Å². The highest BCUT2D eigenvalue weighted by Gasteiger charge is 2.16. The Morgan fingerprint density at radius 2 is 2.31 bits per heavy atom. The normalized spacial score (nSPS) is 10.2. The lowest BCUT2D eigenvalue weighted by Gasteiger charge is -2.25. The lowest BCUT2D eigenvalue weighted by Crippen LogP contribution is -3.00. The molecule has 0 aliphatic carbocycles. The predicted molar refractivity (Wildman–Crippen MR) is 46.0 cm³/mol. The molecular weight excluding hydrogens is 188 g/mol. The summed E-state index contributed by atoms with van der Waals surface area (Å²) < 4.78 is 5.83. The summed E-state index contributed by atoms with van der Waals surface area (Å²) in [4.78, 5) is 4.03. The van der Waals surface area contributed by atoms with E-state index in [1.165, 1.54) is 0 Å². The van der Waals surface area contributed by atoms with Crippen LogP contribution in [0.5, 0.6) is 0 Å². The third-order valence-corrected chi connectivity index (χ3v) is 1.57. The van der Waals surface area contributed by atoms with Crippen molar-refractivity contribution in [2.75, 3.05) is 20.6 Å². The largest absolute Gasteiger partial charge is 1.00 e. The first-order chi connectivity index (χ1) is 5.64. The summed E-state index contributed by atoms with van der Waals surface area (Å²) in [5, 5.41) is 0. The van der Waals surface area contributed by atoms with Crippen LogP contribution in [0.4, 0.5) is 0 Å². The highest BCUT2D eigenvalue weighted by molar-refractivity contribution is 4.84. The Morgan fingerprint density at radius 1 is 1.62 bits per heavy atom. The van der Waals surface area contributed by atoms with Gasteiger partial charge in [-0.1, -0.05) is 0 Å². The van der Waals surface area contributed by atoms with E-state index in [-0.39, 0.29) is 12.4 Å². The van der Waals surface area contributed by atoms with Crippen molar-refractivity contribution in [1.29, 1.82) is 0 Å². The van der Waals surface area contributed by atoms with Gasteiger partial charge in [-0.05, 0) is 5.92 Å². The Balaban J connectivity index is 0.00000144. The molecule has 3 nitrogen and oxygen atoms in total. The summed E-state index contributed by atoms with van der Waals surface area (Å²) in [6.07, 6.45) is 8.45. The van der Waals surface area contributed by atoms with Gasteiger partial charge in [0.25, 0.3) is 0 Å². The molecule has 1 aromatic heterocycles. The standard InChI is InChI=1S/C9H13N2O.ClH/c1-4-6-11(2,3)8-9-10-5-7-12-9;/h1,5,7H,6,8H2,2-3H3;1H/q+1;/p-1. The second-order valence-corrected chi connectivity index (χ2v) is 3.38. The first-order valence-corrected chi connectivity index (χ1v) is 3.78. The molecule has 0 aromatic carbocycles. The van der Waals surface area contributed by atoms with E-state index in [0.29, 0.717) is 11.0 Å². The molecule has 0 saturated carbocycles. The van der Waals surface area contributed by atoms with Gasteiger partial charge in [-0.25, -0.2) is 4.98 Å². The maximum Gasteiger partial charge on any atom is 0.250 e. The fourth-order valence-corrected chi connectivity index (χ4v) is 1.00. The molecular formula is C9H13ClN2O. The van der Waals surface area contributed by atoms with E-state index >= 15 is 0 Å². The average molecular weight is 201 g/mol. The monoisotopic (exact) mass is 200 g/mol. The van der Waals surface area contributed by atoms with Gasteiger partial charge in [-0.15, -0.1) is 6.42 Å². The van der Waals surface area contributed by atoms with Gasteiger partial charge in [0.1, 0.15) is 12.8 Å². The van der Waals surface area contributed by atoms with Crippen LogP contribution in [0.2, 0.25) is 0 Å². The second kappa shape index (κ2) is 4.90. The van der Waals surface area contributed by atoms with Gasteiger partial charge in [-0.3, -0.25) is 0 Å². The summed E-state index contributed by atoms with van der Waals surface area (Å²) in [5.41, 5.74) is 0. The number of terminal acetylenes is 1. The summed E-state index contributed by atoms with van der Waals surface area (Å²) in [6.45, 7) is 1.42. The van der Waals surface area contributed by atoms with Gasteiger partial charge in [0.15, 0.2) is 6.54 Å². The van der Waals surface area contributed by atoms with Crippen LogP contribution >= 0.6 is 0 Å². The molecule has 1 rings (SSSR count). The Bertz CT molecular complexity index is 274.